The summed E-state index contributed by atoms with van der Waals surface area (Å²) < 4.78 is 45.8. The number of aromatic hydroxyl groups is 1. The number of benzene rings is 2. The number of nitrogens with two attached hydrogens (primary N) is 1. The highest BCUT2D eigenvalue weighted by atomic mass is 32.1. The molecule has 2 aromatic carbocycles. The molecular formula is C21H18F3N3O3S. The van der Waals surface area contributed by atoms with Crippen LogP contribution in [-0.2, 0) is 6.18 Å². The number of ether oxygens (including phenoxy) is 1. The topological polar surface area (TPSA) is 97.5 Å². The number of alkyl halides is 3. The SMILES string of the molecule is NC(=O)c1cc(-c2csc(Nc3ccc(OCC4CC4)c(C(F)(F)F)c3)n2)ccc1O. The minimum atomic E-state index is -4.55. The van der Waals surface area contributed by atoms with E-state index in [0.717, 1.165) is 18.9 Å². The maximum atomic E-state index is 13.5. The summed E-state index contributed by atoms with van der Waals surface area (Å²) in [6, 6.07) is 8.11. The van der Waals surface area contributed by atoms with Crippen molar-refractivity contribution in [1.29, 1.82) is 0 Å². The highest BCUT2D eigenvalue weighted by Gasteiger charge is 2.35. The number of halogens is 3. The summed E-state index contributed by atoms with van der Waals surface area (Å²) in [5, 5.41) is 14.6. The Morgan fingerprint density at radius 1 is 1.26 bits per heavy atom. The predicted octanol–water partition coefficient (Wildman–Crippen LogP) is 5.17. The van der Waals surface area contributed by atoms with Crippen LogP contribution in [0.5, 0.6) is 11.5 Å². The maximum Gasteiger partial charge on any atom is 0.420 e. The van der Waals surface area contributed by atoms with E-state index in [1.54, 1.807) is 11.4 Å². The van der Waals surface area contributed by atoms with E-state index in [0.29, 0.717) is 22.3 Å². The smallest absolute Gasteiger partial charge is 0.420 e. The highest BCUT2D eigenvalue weighted by molar-refractivity contribution is 7.14. The van der Waals surface area contributed by atoms with Gasteiger partial charge in [0.2, 0.25) is 0 Å². The number of carbonyl (C=O) groups excluding carboxylic acids is 1. The average molecular weight is 449 g/mol. The molecule has 1 heterocycles. The first-order valence-electron chi connectivity index (χ1n) is 9.40. The van der Waals surface area contributed by atoms with E-state index < -0.39 is 17.6 Å². The van der Waals surface area contributed by atoms with Gasteiger partial charge in [0.05, 0.1) is 23.4 Å². The first kappa shape index (κ1) is 21.0. The molecule has 1 saturated carbocycles. The van der Waals surface area contributed by atoms with Crippen LogP contribution in [0.4, 0.5) is 24.0 Å². The van der Waals surface area contributed by atoms with Gasteiger partial charge in [-0.25, -0.2) is 4.98 Å². The molecular weight excluding hydrogens is 431 g/mol. The van der Waals surface area contributed by atoms with Crippen molar-refractivity contribution in [2.75, 3.05) is 11.9 Å². The number of hydrogen-bond acceptors (Lipinski definition) is 6. The molecule has 0 aliphatic heterocycles. The normalized spacial score (nSPS) is 13.8. The molecule has 0 spiro atoms. The maximum absolute atomic E-state index is 13.5. The fourth-order valence-corrected chi connectivity index (χ4v) is 3.67. The molecule has 1 aliphatic carbocycles. The molecule has 0 bridgehead atoms. The number of aromatic nitrogens is 1. The highest BCUT2D eigenvalue weighted by Crippen LogP contribution is 2.40. The van der Waals surface area contributed by atoms with Crippen molar-refractivity contribution >= 4 is 28.1 Å². The molecule has 1 amide bonds. The van der Waals surface area contributed by atoms with Gasteiger partial charge in [-0.05, 0) is 55.2 Å². The molecule has 6 nitrogen and oxygen atoms in total. The first-order valence-corrected chi connectivity index (χ1v) is 10.3. The Balaban J connectivity index is 1.55. The van der Waals surface area contributed by atoms with Crippen LogP contribution in [0.25, 0.3) is 11.3 Å². The summed E-state index contributed by atoms with van der Waals surface area (Å²) in [7, 11) is 0. The molecule has 0 saturated heterocycles. The minimum Gasteiger partial charge on any atom is -0.507 e. The van der Waals surface area contributed by atoms with Gasteiger partial charge in [-0.2, -0.15) is 13.2 Å². The number of hydrogen-bond donors (Lipinski definition) is 3. The standard InChI is InChI=1S/C21H18F3N3O3S/c22-21(23,24)15-8-13(4-6-18(15)30-9-11-1-2-11)26-20-27-16(10-31-20)12-3-5-17(28)14(7-12)19(25)29/h3-8,10-11,28H,1-2,9H2,(H2,25,29)(H,26,27). The quantitative estimate of drug-likeness (QED) is 0.463. The summed E-state index contributed by atoms with van der Waals surface area (Å²) >= 11 is 1.18. The number of carbonyl (C=O) groups is 1. The molecule has 0 atom stereocenters. The molecule has 3 aromatic rings. The molecule has 31 heavy (non-hydrogen) atoms. The van der Waals surface area contributed by atoms with Crippen molar-refractivity contribution in [3.05, 3.63) is 52.9 Å². The second-order valence-corrected chi connectivity index (χ2v) is 8.08. The summed E-state index contributed by atoms with van der Waals surface area (Å²) in [4.78, 5) is 15.8. The summed E-state index contributed by atoms with van der Waals surface area (Å²) in [5.41, 5.74) is 5.59. The number of rotatable bonds is 7. The second kappa shape index (κ2) is 8.10. The Bertz CT molecular complexity index is 1130. The lowest BCUT2D eigenvalue weighted by atomic mass is 10.1. The van der Waals surface area contributed by atoms with Crippen molar-refractivity contribution in [2.45, 2.75) is 19.0 Å². The van der Waals surface area contributed by atoms with Gasteiger partial charge in [0.25, 0.3) is 5.91 Å². The lowest BCUT2D eigenvalue weighted by Gasteiger charge is -2.15. The molecule has 0 radical (unpaired) electrons. The van der Waals surface area contributed by atoms with Gasteiger partial charge in [0, 0.05) is 16.6 Å². The van der Waals surface area contributed by atoms with Gasteiger partial charge in [-0.1, -0.05) is 0 Å². The summed E-state index contributed by atoms with van der Waals surface area (Å²) in [6.07, 6.45) is -2.59. The van der Waals surface area contributed by atoms with Crippen LogP contribution in [0, 0.1) is 5.92 Å². The number of anilines is 2. The summed E-state index contributed by atoms with van der Waals surface area (Å²) in [5.74, 6) is -0.874. The fraction of sp³-hybridized carbons (Fsp3) is 0.238. The molecule has 4 rings (SSSR count). The van der Waals surface area contributed by atoms with Crippen molar-refractivity contribution in [3.63, 3.8) is 0 Å². The Hall–Kier alpha value is -3.27. The number of phenols is 1. The number of thiazole rings is 1. The third-order valence-electron chi connectivity index (χ3n) is 4.77. The van der Waals surface area contributed by atoms with E-state index in [9.17, 15) is 23.1 Å². The van der Waals surface area contributed by atoms with Crippen LogP contribution in [0.3, 0.4) is 0 Å². The number of primary amides is 1. The Kier molecular flexibility index (Phi) is 5.48. The zero-order valence-corrected chi connectivity index (χ0v) is 16.9. The third kappa shape index (κ3) is 4.91. The van der Waals surface area contributed by atoms with Crippen molar-refractivity contribution < 1.29 is 27.8 Å². The molecule has 0 unspecified atom stereocenters. The van der Waals surface area contributed by atoms with E-state index in [4.69, 9.17) is 10.5 Å². The lowest BCUT2D eigenvalue weighted by molar-refractivity contribution is -0.138. The molecule has 1 fully saturated rings. The van der Waals surface area contributed by atoms with Gasteiger partial charge in [0.15, 0.2) is 5.13 Å². The molecule has 10 heteroatoms. The Morgan fingerprint density at radius 2 is 2.03 bits per heavy atom. The zero-order valence-electron chi connectivity index (χ0n) is 16.1. The molecule has 1 aliphatic rings. The van der Waals surface area contributed by atoms with Gasteiger partial charge in [0.1, 0.15) is 11.5 Å². The molecule has 4 N–H and O–H groups in total. The van der Waals surface area contributed by atoms with Gasteiger partial charge in [-0.3, -0.25) is 4.79 Å². The van der Waals surface area contributed by atoms with Crippen LogP contribution in [0.15, 0.2) is 41.8 Å². The Morgan fingerprint density at radius 3 is 2.71 bits per heavy atom. The van der Waals surface area contributed by atoms with Crippen LogP contribution in [0.2, 0.25) is 0 Å². The molecule has 1 aromatic heterocycles. The Labute approximate surface area is 179 Å². The van der Waals surface area contributed by atoms with Crippen LogP contribution >= 0.6 is 11.3 Å². The minimum absolute atomic E-state index is 0.0448. The fourth-order valence-electron chi connectivity index (χ4n) is 2.93. The monoisotopic (exact) mass is 449 g/mol. The van der Waals surface area contributed by atoms with E-state index in [-0.39, 0.29) is 29.4 Å². The van der Waals surface area contributed by atoms with Crippen molar-refractivity contribution in [2.24, 2.45) is 11.7 Å². The van der Waals surface area contributed by atoms with Gasteiger partial charge >= 0.3 is 6.18 Å². The van der Waals surface area contributed by atoms with Crippen LogP contribution in [0.1, 0.15) is 28.8 Å². The number of nitrogens with zero attached hydrogens (tertiary/aromatic N) is 1. The van der Waals surface area contributed by atoms with E-state index in [1.807, 2.05) is 0 Å². The van der Waals surface area contributed by atoms with Gasteiger partial charge < -0.3 is 20.9 Å². The largest absolute Gasteiger partial charge is 0.507 e. The average Bonchev–Trinajstić information content (AvgIpc) is 3.43. The van der Waals surface area contributed by atoms with E-state index in [1.165, 1.54) is 35.6 Å². The van der Waals surface area contributed by atoms with Crippen molar-refractivity contribution in [3.8, 4) is 22.8 Å². The number of nitrogens with one attached hydrogen (secondary N) is 1. The zero-order chi connectivity index (χ0) is 22.2. The third-order valence-corrected chi connectivity index (χ3v) is 5.53. The number of amides is 1. The first-order chi connectivity index (χ1) is 14.7. The van der Waals surface area contributed by atoms with E-state index in [2.05, 4.69) is 10.3 Å². The molecule has 162 valence electrons. The van der Waals surface area contributed by atoms with E-state index >= 15 is 0 Å². The lowest BCUT2D eigenvalue weighted by Crippen LogP contribution is -2.11. The predicted molar refractivity (Wildman–Crippen MR) is 111 cm³/mol. The van der Waals surface area contributed by atoms with Crippen LogP contribution in [-0.4, -0.2) is 22.6 Å². The van der Waals surface area contributed by atoms with Crippen molar-refractivity contribution in [1.82, 2.24) is 4.98 Å². The second-order valence-electron chi connectivity index (χ2n) is 7.22. The van der Waals surface area contributed by atoms with Gasteiger partial charge in [-0.15, -0.1) is 11.3 Å². The van der Waals surface area contributed by atoms with Crippen LogP contribution < -0.4 is 15.8 Å². The summed E-state index contributed by atoms with van der Waals surface area (Å²) in [6.45, 7) is 0.283.